The minimum absolute atomic E-state index is 0. The summed E-state index contributed by atoms with van der Waals surface area (Å²) in [6, 6.07) is 11.7. The number of amides is 1. The molecule has 2 atom stereocenters. The van der Waals surface area contributed by atoms with Gasteiger partial charge >= 0.3 is 0 Å². The summed E-state index contributed by atoms with van der Waals surface area (Å²) < 4.78 is 0. The van der Waals surface area contributed by atoms with Gasteiger partial charge in [-0.2, -0.15) is 6.07 Å². The largest absolute Gasteiger partial charge is 0.392 e. The van der Waals surface area contributed by atoms with Gasteiger partial charge in [-0.3, -0.25) is 9.59 Å². The van der Waals surface area contributed by atoms with E-state index >= 15 is 0 Å². The van der Waals surface area contributed by atoms with Crippen molar-refractivity contribution in [2.45, 2.75) is 83.3 Å². The topological polar surface area (TPSA) is 57.6 Å². The Labute approximate surface area is 215 Å². The molecule has 0 saturated carbocycles. The molecule has 1 aliphatic rings. The number of ketones is 1. The zero-order valence-electron chi connectivity index (χ0n) is 18.8. The van der Waals surface area contributed by atoms with E-state index in [1.54, 1.807) is 16.2 Å². The molecule has 2 heterocycles. The molecule has 0 aliphatic carbocycles. The van der Waals surface area contributed by atoms with E-state index < -0.39 is 12.0 Å². The van der Waals surface area contributed by atoms with Gasteiger partial charge in [0.25, 0.3) is 5.91 Å². The third-order valence-corrected chi connectivity index (χ3v) is 7.14. The van der Waals surface area contributed by atoms with Crippen LogP contribution in [-0.4, -0.2) is 28.9 Å². The zero-order valence-corrected chi connectivity index (χ0v) is 22.4. The van der Waals surface area contributed by atoms with E-state index in [-0.39, 0.29) is 49.9 Å². The molecule has 2 aromatic rings. The van der Waals surface area contributed by atoms with Crippen LogP contribution < -0.4 is 4.90 Å². The van der Waals surface area contributed by atoms with Crippen LogP contribution in [0.15, 0.2) is 36.4 Å². The van der Waals surface area contributed by atoms with Crippen LogP contribution in [0.3, 0.4) is 0 Å². The van der Waals surface area contributed by atoms with Gasteiger partial charge in [-0.1, -0.05) is 58.6 Å². The molecule has 1 aromatic heterocycles. The first kappa shape index (κ1) is 26.4. The molecule has 6 heteroatoms. The molecule has 1 amide bonds. The minimum atomic E-state index is -0.416. The van der Waals surface area contributed by atoms with Crippen molar-refractivity contribution in [1.82, 2.24) is 0 Å². The molecule has 4 nitrogen and oxygen atoms in total. The summed E-state index contributed by atoms with van der Waals surface area (Å²) in [6.45, 7) is 6.23. The molecule has 1 saturated heterocycles. The molecule has 31 heavy (non-hydrogen) atoms. The molecule has 1 radical (unpaired) electrons. The second kappa shape index (κ2) is 11.8. The smallest absolute Gasteiger partial charge is 0.294 e. The summed E-state index contributed by atoms with van der Waals surface area (Å²) >= 11 is 1.62. The molecule has 2 unspecified atom stereocenters. The van der Waals surface area contributed by atoms with Gasteiger partial charge in [-0.15, -0.1) is 10.3 Å². The maximum Gasteiger partial charge on any atom is 0.294 e. The van der Waals surface area contributed by atoms with Crippen molar-refractivity contribution in [2.75, 3.05) is 4.90 Å². The Bertz CT molecular complexity index is 848. The van der Waals surface area contributed by atoms with Crippen molar-refractivity contribution < 1.29 is 47.4 Å². The number of Topliss-reactive ketones (excluding diaryl/α,β-unsaturated/α-hetero) is 1. The fraction of sp³-hybridized carbons (Fsp3) is 0.520. The van der Waals surface area contributed by atoms with Gasteiger partial charge in [0.2, 0.25) is 5.78 Å². The standard InChI is InChI=1S/C25H32NO3S.Y/c1-4-5-11-23(28)25(2,3)18-12-14-19(15-13-18)26-20(17-22(27)24(26)29)8-6-9-21-10-7-16-30-21;/h7,10,12-15,20,23,28H,4-6,8-9,11,17H2,1-3H3;/q-1;. The quantitative estimate of drug-likeness (QED) is 0.355. The predicted octanol–water partition coefficient (Wildman–Crippen LogP) is 5.07. The third-order valence-electron chi connectivity index (χ3n) is 6.28. The number of carbonyl (C=O) groups is 2. The van der Waals surface area contributed by atoms with Crippen molar-refractivity contribution in [3.05, 3.63) is 52.2 Å². The van der Waals surface area contributed by atoms with Gasteiger partial charge in [0.05, 0.1) is 6.10 Å². The molecule has 1 N–H and O–H groups in total. The number of aryl methyl sites for hydroxylation is 1. The average Bonchev–Trinajstić information content (AvgIpc) is 3.34. The SMILES string of the molecule is CCCCC(O)C(C)(C)c1ccc(N2C(=O)C(=O)CC2CCCc2cc[c-]s2)cc1.[Y]. The molecule has 0 bridgehead atoms. The molecule has 3 rings (SSSR count). The molecule has 0 spiro atoms. The van der Waals surface area contributed by atoms with Crippen molar-refractivity contribution >= 4 is 28.7 Å². The Kier molecular flexibility index (Phi) is 10.1. The van der Waals surface area contributed by atoms with E-state index in [0.717, 1.165) is 49.8 Å². The summed E-state index contributed by atoms with van der Waals surface area (Å²) in [7, 11) is 0. The normalized spacial score (nSPS) is 17.7. The van der Waals surface area contributed by atoms with E-state index in [4.69, 9.17) is 0 Å². The zero-order chi connectivity index (χ0) is 21.7. The Morgan fingerprint density at radius 2 is 1.90 bits per heavy atom. The number of nitrogens with zero attached hydrogens (tertiary/aromatic N) is 1. The fourth-order valence-electron chi connectivity index (χ4n) is 4.17. The monoisotopic (exact) mass is 515 g/mol. The van der Waals surface area contributed by atoms with E-state index in [0.29, 0.717) is 6.42 Å². The van der Waals surface area contributed by atoms with E-state index in [1.807, 2.05) is 30.3 Å². The average molecular weight is 516 g/mol. The fourth-order valence-corrected chi connectivity index (χ4v) is 4.84. The first-order valence-electron chi connectivity index (χ1n) is 10.9. The molecule has 1 aliphatic heterocycles. The van der Waals surface area contributed by atoms with Crippen LogP contribution in [0.2, 0.25) is 0 Å². The van der Waals surface area contributed by atoms with Crippen molar-refractivity contribution in [1.29, 1.82) is 0 Å². The van der Waals surface area contributed by atoms with Gasteiger partial charge in [-0.25, -0.2) is 6.07 Å². The number of thiophene rings is 1. The van der Waals surface area contributed by atoms with E-state index in [1.165, 1.54) is 4.88 Å². The number of hydrogen-bond donors (Lipinski definition) is 1. The Morgan fingerprint density at radius 1 is 1.19 bits per heavy atom. The number of benzene rings is 1. The summed E-state index contributed by atoms with van der Waals surface area (Å²) in [5.41, 5.74) is 1.44. The van der Waals surface area contributed by atoms with Crippen LogP contribution in [0, 0.1) is 5.38 Å². The van der Waals surface area contributed by atoms with Gasteiger partial charge in [0, 0.05) is 56.3 Å². The van der Waals surface area contributed by atoms with Crippen LogP contribution in [-0.2, 0) is 54.1 Å². The first-order chi connectivity index (χ1) is 14.3. The second-order valence-corrected chi connectivity index (χ2v) is 9.76. The number of anilines is 1. The van der Waals surface area contributed by atoms with Crippen LogP contribution in [0.4, 0.5) is 5.69 Å². The van der Waals surface area contributed by atoms with Crippen LogP contribution in [0.1, 0.15) is 69.7 Å². The van der Waals surface area contributed by atoms with Crippen molar-refractivity contribution in [3.63, 3.8) is 0 Å². The number of unbranched alkanes of at least 4 members (excludes halogenated alkanes) is 1. The Balaban J connectivity index is 0.00000341. The molecule has 1 fully saturated rings. The molecular formula is C25H32NO3SY-. The summed E-state index contributed by atoms with van der Waals surface area (Å²) in [5, 5.41) is 13.7. The molecule has 165 valence electrons. The number of hydrogen-bond acceptors (Lipinski definition) is 4. The Morgan fingerprint density at radius 3 is 2.52 bits per heavy atom. The summed E-state index contributed by atoms with van der Waals surface area (Å²) in [4.78, 5) is 27.7. The van der Waals surface area contributed by atoms with Crippen LogP contribution in [0.25, 0.3) is 0 Å². The molecular weight excluding hydrogens is 483 g/mol. The number of aliphatic hydroxyl groups is 1. The maximum absolute atomic E-state index is 12.5. The van der Waals surface area contributed by atoms with Crippen LogP contribution in [0.5, 0.6) is 0 Å². The number of aliphatic hydroxyl groups excluding tert-OH is 1. The van der Waals surface area contributed by atoms with Crippen molar-refractivity contribution in [3.8, 4) is 0 Å². The van der Waals surface area contributed by atoms with Gasteiger partial charge in [0.1, 0.15) is 0 Å². The first-order valence-corrected chi connectivity index (χ1v) is 11.8. The number of carbonyl (C=O) groups excluding carboxylic acids is 2. The van der Waals surface area contributed by atoms with E-state index in [2.05, 4.69) is 32.2 Å². The van der Waals surface area contributed by atoms with Gasteiger partial charge in [-0.05, 0) is 30.5 Å². The Hall–Kier alpha value is -0.876. The van der Waals surface area contributed by atoms with Crippen LogP contribution >= 0.6 is 11.3 Å². The van der Waals surface area contributed by atoms with Gasteiger partial charge < -0.3 is 21.3 Å². The number of rotatable bonds is 10. The summed E-state index contributed by atoms with van der Waals surface area (Å²) in [5.74, 6) is -0.705. The van der Waals surface area contributed by atoms with E-state index in [9.17, 15) is 14.7 Å². The van der Waals surface area contributed by atoms with Gasteiger partial charge in [0.15, 0.2) is 0 Å². The second-order valence-electron chi connectivity index (χ2n) is 8.79. The van der Waals surface area contributed by atoms with Crippen molar-refractivity contribution in [2.24, 2.45) is 0 Å². The summed E-state index contributed by atoms with van der Waals surface area (Å²) in [6.07, 6.45) is 5.39. The maximum atomic E-state index is 12.5. The minimum Gasteiger partial charge on any atom is -0.392 e. The molecule has 1 aromatic carbocycles. The third kappa shape index (κ3) is 6.34. The predicted molar refractivity (Wildman–Crippen MR) is 122 cm³/mol.